The molecule has 1 aromatic heterocycles. The van der Waals surface area contributed by atoms with E-state index >= 15 is 0 Å². The van der Waals surface area contributed by atoms with Gasteiger partial charge in [-0.15, -0.1) is 0 Å². The van der Waals surface area contributed by atoms with Gasteiger partial charge in [-0.1, -0.05) is 36.4 Å². The summed E-state index contributed by atoms with van der Waals surface area (Å²) in [6, 6.07) is 12.9. The summed E-state index contributed by atoms with van der Waals surface area (Å²) >= 11 is 0. The van der Waals surface area contributed by atoms with Crippen LogP contribution in [0.1, 0.15) is 29.2 Å². The number of nitrogens with one attached hydrogen (secondary N) is 2. The Morgan fingerprint density at radius 2 is 1.72 bits per heavy atom. The fraction of sp³-hybridized carbons (Fsp3) is 0.208. The summed E-state index contributed by atoms with van der Waals surface area (Å²) < 4.78 is 1.21. The minimum absolute atomic E-state index is 0.286. The van der Waals surface area contributed by atoms with Crippen LogP contribution in [0.5, 0.6) is 5.75 Å². The summed E-state index contributed by atoms with van der Waals surface area (Å²) in [5.74, 6) is -1.47. The van der Waals surface area contributed by atoms with Crippen LogP contribution in [-0.4, -0.2) is 26.8 Å². The average Bonchev–Trinajstić information content (AvgIpc) is 2.73. The first-order chi connectivity index (χ1) is 15.2. The molecule has 0 aliphatic carbocycles. The van der Waals surface area contributed by atoms with E-state index < -0.39 is 23.6 Å². The lowest BCUT2D eigenvalue weighted by Crippen LogP contribution is -2.36. The molecule has 4 N–H and O–H groups in total. The molecular weight excluding hydrogens is 410 g/mol. The van der Waals surface area contributed by atoms with Gasteiger partial charge in [0, 0.05) is 13.2 Å². The van der Waals surface area contributed by atoms with E-state index in [-0.39, 0.29) is 17.9 Å². The fourth-order valence-corrected chi connectivity index (χ4v) is 3.65. The Morgan fingerprint density at radius 1 is 1.06 bits per heavy atom. The molecule has 2 aromatic carbocycles. The zero-order valence-electron chi connectivity index (χ0n) is 18.0. The first-order valence-corrected chi connectivity index (χ1v) is 10.0. The summed E-state index contributed by atoms with van der Waals surface area (Å²) in [6.07, 6.45) is 1.01. The number of pyridine rings is 1. The smallest absolute Gasteiger partial charge is 0.319 e. The third-order valence-electron chi connectivity index (χ3n) is 5.23. The molecule has 3 aromatic rings. The summed E-state index contributed by atoms with van der Waals surface area (Å²) in [7, 11) is 1.48. The number of urea groups is 1. The van der Waals surface area contributed by atoms with Gasteiger partial charge in [-0.3, -0.25) is 9.59 Å². The van der Waals surface area contributed by atoms with Crippen molar-refractivity contribution in [3.63, 3.8) is 0 Å². The molecule has 0 bridgehead atoms. The second-order valence-corrected chi connectivity index (χ2v) is 7.63. The summed E-state index contributed by atoms with van der Waals surface area (Å²) in [5, 5.41) is 24.2. The van der Waals surface area contributed by atoms with Crippen molar-refractivity contribution in [2.45, 2.75) is 26.3 Å². The zero-order valence-corrected chi connectivity index (χ0v) is 18.0. The molecule has 0 saturated heterocycles. The molecular formula is C24H25N3O5. The van der Waals surface area contributed by atoms with Crippen LogP contribution in [0.15, 0.2) is 59.5 Å². The van der Waals surface area contributed by atoms with Gasteiger partial charge in [0.2, 0.25) is 0 Å². The number of carbonyl (C=O) groups is 2. The van der Waals surface area contributed by atoms with E-state index in [9.17, 15) is 24.6 Å². The molecule has 0 saturated carbocycles. The Kier molecular flexibility index (Phi) is 6.63. The van der Waals surface area contributed by atoms with E-state index in [1.807, 2.05) is 50.2 Å². The van der Waals surface area contributed by atoms with Crippen LogP contribution in [0.25, 0.3) is 11.1 Å². The Balaban J connectivity index is 1.91. The van der Waals surface area contributed by atoms with E-state index in [0.717, 1.165) is 22.3 Å². The molecule has 0 aliphatic rings. The van der Waals surface area contributed by atoms with Crippen LogP contribution in [0, 0.1) is 13.8 Å². The molecule has 0 aliphatic heterocycles. The Labute approximate surface area is 185 Å². The lowest BCUT2D eigenvalue weighted by Gasteiger charge is -2.20. The zero-order chi connectivity index (χ0) is 23.4. The number of aliphatic carboxylic acids is 1. The molecule has 2 amide bonds. The number of anilines is 1. The van der Waals surface area contributed by atoms with Crippen molar-refractivity contribution in [2.24, 2.45) is 7.05 Å². The average molecular weight is 435 g/mol. The van der Waals surface area contributed by atoms with Crippen LogP contribution >= 0.6 is 0 Å². The van der Waals surface area contributed by atoms with E-state index in [4.69, 9.17) is 0 Å². The quantitative estimate of drug-likeness (QED) is 0.470. The minimum Gasteiger partial charge on any atom is -0.505 e. The predicted molar refractivity (Wildman–Crippen MR) is 122 cm³/mol. The number of rotatable bonds is 6. The molecule has 1 heterocycles. The van der Waals surface area contributed by atoms with Gasteiger partial charge in [0.05, 0.1) is 12.5 Å². The highest BCUT2D eigenvalue weighted by atomic mass is 16.4. The normalized spacial score (nSPS) is 11.6. The highest BCUT2D eigenvalue weighted by molar-refractivity contribution is 5.91. The molecule has 0 spiro atoms. The van der Waals surface area contributed by atoms with E-state index in [1.165, 1.54) is 23.9 Å². The van der Waals surface area contributed by atoms with Crippen molar-refractivity contribution in [1.29, 1.82) is 0 Å². The van der Waals surface area contributed by atoms with Gasteiger partial charge in [-0.2, -0.15) is 0 Å². The number of hydrogen-bond acceptors (Lipinski definition) is 4. The van der Waals surface area contributed by atoms with Gasteiger partial charge in [0.25, 0.3) is 5.56 Å². The van der Waals surface area contributed by atoms with Gasteiger partial charge in [0.1, 0.15) is 5.75 Å². The van der Waals surface area contributed by atoms with Crippen LogP contribution in [-0.2, 0) is 11.8 Å². The van der Waals surface area contributed by atoms with Crippen molar-refractivity contribution in [3.05, 3.63) is 81.8 Å². The maximum atomic E-state index is 12.6. The third kappa shape index (κ3) is 4.97. The number of carbonyl (C=O) groups excluding carboxylic acids is 1. The third-order valence-corrected chi connectivity index (χ3v) is 5.23. The highest BCUT2D eigenvalue weighted by Gasteiger charge is 2.21. The fourth-order valence-electron chi connectivity index (χ4n) is 3.65. The maximum Gasteiger partial charge on any atom is 0.319 e. The van der Waals surface area contributed by atoms with E-state index in [0.29, 0.717) is 5.56 Å². The summed E-state index contributed by atoms with van der Waals surface area (Å²) in [5.41, 5.74) is 3.85. The molecule has 32 heavy (non-hydrogen) atoms. The molecule has 3 rings (SSSR count). The minimum atomic E-state index is -1.09. The standard InChI is InChI=1S/C24H25N3O5/c1-14-6-4-7-15(2)21(14)17-9-5-8-16(12-17)18(13-20(29)30)25-24(32)26-22-19(28)10-11-27(3)23(22)31/h4-12,18,28H,13H2,1-3H3,(H,29,30)(H2,25,26,32)/t18-/m0/s1. The number of amides is 2. The first kappa shape index (κ1) is 22.6. The Morgan fingerprint density at radius 3 is 2.38 bits per heavy atom. The second-order valence-electron chi connectivity index (χ2n) is 7.63. The van der Waals surface area contributed by atoms with Crippen LogP contribution in [0.3, 0.4) is 0 Å². The Hall–Kier alpha value is -4.07. The monoisotopic (exact) mass is 435 g/mol. The lowest BCUT2D eigenvalue weighted by atomic mass is 9.93. The van der Waals surface area contributed by atoms with Gasteiger partial charge >= 0.3 is 12.0 Å². The van der Waals surface area contributed by atoms with Crippen molar-refractivity contribution in [1.82, 2.24) is 9.88 Å². The molecule has 8 nitrogen and oxygen atoms in total. The van der Waals surface area contributed by atoms with Crippen molar-refractivity contribution < 1.29 is 19.8 Å². The van der Waals surface area contributed by atoms with Gasteiger partial charge in [-0.05, 0) is 53.8 Å². The lowest BCUT2D eigenvalue weighted by molar-refractivity contribution is -0.137. The number of nitrogens with zero attached hydrogens (tertiary/aromatic N) is 1. The van der Waals surface area contributed by atoms with Gasteiger partial charge < -0.3 is 25.4 Å². The SMILES string of the molecule is Cc1cccc(C)c1-c1cccc([C@H](CC(=O)O)NC(=O)Nc2c(O)ccn(C)c2=O)c1. The maximum absolute atomic E-state index is 12.6. The van der Waals surface area contributed by atoms with Crippen LogP contribution in [0.2, 0.25) is 0 Å². The number of carboxylic acids is 1. The van der Waals surface area contributed by atoms with Crippen LogP contribution < -0.4 is 16.2 Å². The first-order valence-electron chi connectivity index (χ1n) is 10.0. The number of aromatic hydroxyl groups is 1. The topological polar surface area (TPSA) is 121 Å². The molecule has 0 radical (unpaired) electrons. The largest absolute Gasteiger partial charge is 0.505 e. The molecule has 8 heteroatoms. The molecule has 0 unspecified atom stereocenters. The number of hydrogen-bond donors (Lipinski definition) is 4. The highest BCUT2D eigenvalue weighted by Crippen LogP contribution is 2.30. The number of aryl methyl sites for hydroxylation is 3. The van der Waals surface area contributed by atoms with Crippen LogP contribution in [0.4, 0.5) is 10.5 Å². The number of carboxylic acid groups (broad SMARTS) is 1. The van der Waals surface area contributed by atoms with Gasteiger partial charge in [-0.25, -0.2) is 4.79 Å². The summed E-state index contributed by atoms with van der Waals surface area (Å²) in [6.45, 7) is 4.00. The predicted octanol–water partition coefficient (Wildman–Crippen LogP) is 3.71. The molecule has 1 atom stereocenters. The molecule has 166 valence electrons. The van der Waals surface area contributed by atoms with Crippen molar-refractivity contribution in [3.8, 4) is 16.9 Å². The van der Waals surface area contributed by atoms with Crippen molar-refractivity contribution >= 4 is 17.7 Å². The summed E-state index contributed by atoms with van der Waals surface area (Å²) in [4.78, 5) is 36.2. The van der Waals surface area contributed by atoms with Crippen molar-refractivity contribution in [2.75, 3.05) is 5.32 Å². The Bertz CT molecular complexity index is 1210. The van der Waals surface area contributed by atoms with E-state index in [2.05, 4.69) is 10.6 Å². The second kappa shape index (κ2) is 9.38. The molecule has 0 fully saturated rings. The van der Waals surface area contributed by atoms with E-state index in [1.54, 1.807) is 6.07 Å². The van der Waals surface area contributed by atoms with Gasteiger partial charge in [0.15, 0.2) is 5.69 Å². The number of aromatic nitrogens is 1. The number of benzene rings is 2.